The van der Waals surface area contributed by atoms with E-state index in [0.29, 0.717) is 17.0 Å². The molecular weight excluding hydrogens is 671 g/mol. The van der Waals surface area contributed by atoms with Crippen molar-refractivity contribution in [2.45, 2.75) is 51.4 Å². The minimum atomic E-state index is -0.670. The van der Waals surface area contributed by atoms with Gasteiger partial charge < -0.3 is 4.90 Å². The van der Waals surface area contributed by atoms with Crippen molar-refractivity contribution < 1.29 is 9.59 Å². The van der Waals surface area contributed by atoms with Crippen LogP contribution in [-0.2, 0) is 10.8 Å². The lowest BCUT2D eigenvalue weighted by molar-refractivity contribution is 0.0990. The average molecular weight is 712 g/mol. The Balaban J connectivity index is 1.30. The maximum absolute atomic E-state index is 13.7. The van der Waals surface area contributed by atoms with E-state index in [4.69, 9.17) is 0 Å². The zero-order chi connectivity index (χ0) is 37.8. The van der Waals surface area contributed by atoms with Crippen LogP contribution in [0.3, 0.4) is 0 Å². The highest BCUT2D eigenvalue weighted by atomic mass is 16.2. The number of anilines is 3. The highest BCUT2D eigenvalue weighted by Crippen LogP contribution is 2.64. The lowest BCUT2D eigenvalue weighted by Gasteiger charge is -2.45. The summed E-state index contributed by atoms with van der Waals surface area (Å²) in [6, 6.07) is 51.8. The standard InChI is InChI=1S/C52H41NO2/c1-31(2)34-20-23-43-40(29-34)41-30-36(51(3,4)5)21-24-44(41)52(43)45-16-10-11-17-47(45)53(37-22-19-33-12-6-7-13-35(33)28-37)48-25-18-32(27-46(48)52)26-42-49(54)38-14-8-9-15-39(38)50(42)55/h6-31H,1-5H3. The minimum absolute atomic E-state index is 0.0346. The third kappa shape index (κ3) is 4.75. The minimum Gasteiger partial charge on any atom is -0.310 e. The lowest BCUT2D eigenvalue weighted by atomic mass is 9.64. The van der Waals surface area contributed by atoms with Gasteiger partial charge in [0.1, 0.15) is 0 Å². The van der Waals surface area contributed by atoms with E-state index in [9.17, 15) is 9.59 Å². The van der Waals surface area contributed by atoms with Gasteiger partial charge in [0.05, 0.1) is 22.4 Å². The van der Waals surface area contributed by atoms with Gasteiger partial charge >= 0.3 is 0 Å². The van der Waals surface area contributed by atoms with Gasteiger partial charge in [0.15, 0.2) is 11.6 Å². The third-order valence-corrected chi connectivity index (χ3v) is 12.1. The van der Waals surface area contributed by atoms with E-state index in [0.717, 1.165) is 28.2 Å². The van der Waals surface area contributed by atoms with Crippen LogP contribution in [0.4, 0.5) is 17.1 Å². The highest BCUT2D eigenvalue weighted by molar-refractivity contribution is 6.41. The normalized spacial score (nSPS) is 16.7. The number of Topliss-reactive ketones (excluding diaryl/α,β-unsaturated/α-hetero) is 2. The van der Waals surface area contributed by atoms with E-state index >= 15 is 0 Å². The van der Waals surface area contributed by atoms with Gasteiger partial charge in [-0.2, -0.15) is 0 Å². The molecule has 3 heteroatoms. The molecule has 0 saturated carbocycles. The molecule has 1 spiro atoms. The molecule has 7 aromatic rings. The summed E-state index contributed by atoms with van der Waals surface area (Å²) in [5.74, 6) is -0.0680. The van der Waals surface area contributed by atoms with Crippen LogP contribution in [-0.4, -0.2) is 11.6 Å². The summed E-state index contributed by atoms with van der Waals surface area (Å²) in [6.45, 7) is 11.4. The SMILES string of the molecule is CC(C)c1ccc2c(c1)-c1cc(C(C)(C)C)ccc1C21c2ccccc2N(c2ccc3ccccc3c2)c2ccc(C=C3C(=O)c4ccccc4C3=O)cc21. The van der Waals surface area contributed by atoms with Crippen molar-refractivity contribution in [3.8, 4) is 11.1 Å². The van der Waals surface area contributed by atoms with Crippen LogP contribution >= 0.6 is 0 Å². The quantitative estimate of drug-likeness (QED) is 0.135. The summed E-state index contributed by atoms with van der Waals surface area (Å²) in [5, 5.41) is 2.36. The van der Waals surface area contributed by atoms with Gasteiger partial charge in [0.25, 0.3) is 0 Å². The molecule has 0 amide bonds. The first-order valence-electron chi connectivity index (χ1n) is 19.3. The van der Waals surface area contributed by atoms with Crippen molar-refractivity contribution in [1.29, 1.82) is 0 Å². The number of carbonyl (C=O) groups excluding carboxylic acids is 2. The molecule has 55 heavy (non-hydrogen) atoms. The Morgan fingerprint density at radius 3 is 1.91 bits per heavy atom. The second-order valence-corrected chi connectivity index (χ2v) is 16.6. The topological polar surface area (TPSA) is 37.4 Å². The predicted molar refractivity (Wildman–Crippen MR) is 225 cm³/mol. The van der Waals surface area contributed by atoms with Gasteiger partial charge in [0, 0.05) is 16.8 Å². The van der Waals surface area contributed by atoms with Crippen molar-refractivity contribution in [2.24, 2.45) is 0 Å². The summed E-state index contributed by atoms with van der Waals surface area (Å²) in [4.78, 5) is 29.8. The molecule has 0 fully saturated rings. The Bertz CT molecular complexity index is 2790. The van der Waals surface area contributed by atoms with E-state index in [2.05, 4.69) is 161 Å². The molecule has 10 rings (SSSR count). The number of para-hydroxylation sites is 1. The first-order valence-corrected chi connectivity index (χ1v) is 19.3. The Hall–Kier alpha value is -6.32. The molecule has 0 aromatic heterocycles. The van der Waals surface area contributed by atoms with Gasteiger partial charge in [-0.1, -0.05) is 150 Å². The second-order valence-electron chi connectivity index (χ2n) is 16.6. The fourth-order valence-electron chi connectivity index (χ4n) is 9.32. The van der Waals surface area contributed by atoms with Gasteiger partial charge in [-0.05, 0) is 109 Å². The van der Waals surface area contributed by atoms with E-state index < -0.39 is 5.41 Å². The molecule has 3 nitrogen and oxygen atoms in total. The Morgan fingerprint density at radius 2 is 1.18 bits per heavy atom. The summed E-state index contributed by atoms with van der Waals surface area (Å²) < 4.78 is 0. The Morgan fingerprint density at radius 1 is 0.545 bits per heavy atom. The van der Waals surface area contributed by atoms with Gasteiger partial charge in [-0.3, -0.25) is 9.59 Å². The molecular formula is C52H41NO2. The van der Waals surface area contributed by atoms with Crippen LogP contribution in [0, 0.1) is 0 Å². The summed E-state index contributed by atoms with van der Waals surface area (Å²) in [6.07, 6.45) is 1.81. The van der Waals surface area contributed by atoms with Crippen LogP contribution in [0.25, 0.3) is 28.0 Å². The number of allylic oxidation sites excluding steroid dienone is 1. The van der Waals surface area contributed by atoms with Crippen LogP contribution in [0.15, 0.2) is 151 Å². The summed E-state index contributed by atoms with van der Waals surface area (Å²) in [7, 11) is 0. The lowest BCUT2D eigenvalue weighted by Crippen LogP contribution is -2.36. The first-order chi connectivity index (χ1) is 26.6. The predicted octanol–water partition coefficient (Wildman–Crippen LogP) is 12.9. The Kier molecular flexibility index (Phi) is 7.16. The fourth-order valence-corrected chi connectivity index (χ4v) is 9.32. The molecule has 2 aliphatic carbocycles. The van der Waals surface area contributed by atoms with Crippen molar-refractivity contribution >= 4 is 45.5 Å². The van der Waals surface area contributed by atoms with Crippen LogP contribution in [0.2, 0.25) is 0 Å². The largest absolute Gasteiger partial charge is 0.310 e. The van der Waals surface area contributed by atoms with Gasteiger partial charge in [0.2, 0.25) is 0 Å². The van der Waals surface area contributed by atoms with E-state index in [1.807, 2.05) is 12.1 Å². The number of carbonyl (C=O) groups is 2. The maximum atomic E-state index is 13.7. The third-order valence-electron chi connectivity index (χ3n) is 12.1. The summed E-state index contributed by atoms with van der Waals surface area (Å²) >= 11 is 0. The highest BCUT2D eigenvalue weighted by Gasteiger charge is 2.52. The number of rotatable bonds is 3. The molecule has 0 saturated heterocycles. The molecule has 0 bridgehead atoms. The molecule has 0 radical (unpaired) electrons. The number of nitrogens with zero attached hydrogens (tertiary/aromatic N) is 1. The van der Waals surface area contributed by atoms with Gasteiger partial charge in [-0.25, -0.2) is 0 Å². The van der Waals surface area contributed by atoms with E-state index in [-0.39, 0.29) is 22.6 Å². The molecule has 0 N–H and O–H groups in total. The molecule has 1 unspecified atom stereocenters. The summed E-state index contributed by atoms with van der Waals surface area (Å²) in [5.41, 5.74) is 14.4. The van der Waals surface area contributed by atoms with Gasteiger partial charge in [-0.15, -0.1) is 0 Å². The van der Waals surface area contributed by atoms with Crippen LogP contribution in [0.1, 0.15) is 100 Å². The average Bonchev–Trinajstić information content (AvgIpc) is 3.61. The zero-order valence-electron chi connectivity index (χ0n) is 31.8. The number of hydrogen-bond donors (Lipinski definition) is 0. The molecule has 266 valence electrons. The first kappa shape index (κ1) is 33.3. The smallest absolute Gasteiger partial charge is 0.197 e. The molecule has 7 aromatic carbocycles. The van der Waals surface area contributed by atoms with E-state index in [1.165, 1.54) is 49.7 Å². The van der Waals surface area contributed by atoms with Crippen molar-refractivity contribution in [3.63, 3.8) is 0 Å². The number of ketones is 2. The monoisotopic (exact) mass is 711 g/mol. The fraction of sp³-hybridized carbons (Fsp3) is 0.154. The van der Waals surface area contributed by atoms with E-state index in [1.54, 1.807) is 18.2 Å². The van der Waals surface area contributed by atoms with Crippen molar-refractivity contribution in [2.75, 3.05) is 4.90 Å². The molecule has 1 aliphatic heterocycles. The van der Waals surface area contributed by atoms with Crippen molar-refractivity contribution in [1.82, 2.24) is 0 Å². The zero-order valence-corrected chi connectivity index (χ0v) is 31.8. The maximum Gasteiger partial charge on any atom is 0.197 e. The number of benzene rings is 7. The molecule has 1 heterocycles. The number of fused-ring (bicyclic) bond motifs is 11. The van der Waals surface area contributed by atoms with Crippen LogP contribution in [0.5, 0.6) is 0 Å². The Labute approximate surface area is 322 Å². The number of hydrogen-bond acceptors (Lipinski definition) is 3. The van der Waals surface area contributed by atoms with Crippen LogP contribution < -0.4 is 4.90 Å². The molecule has 1 atom stereocenters. The van der Waals surface area contributed by atoms with Crippen molar-refractivity contribution in [3.05, 3.63) is 201 Å². The molecule has 3 aliphatic rings. The second kappa shape index (κ2) is 11.8.